The molecule has 2 atom stereocenters. The first-order valence-electron chi connectivity index (χ1n) is 6.39. The number of carbonyl (C=O) groups is 2. The molecule has 0 aromatic heterocycles. The van der Waals surface area contributed by atoms with E-state index in [-0.39, 0.29) is 11.5 Å². The number of carbonyl (C=O) groups excluding carboxylic acids is 2. The maximum absolute atomic E-state index is 11.6. The molecule has 0 bridgehead atoms. The third-order valence-corrected chi connectivity index (χ3v) is 3.80. The highest BCUT2D eigenvalue weighted by Gasteiger charge is 2.29. The molecule has 1 rings (SSSR count). The number of methoxy groups -OCH3 is 2. The molecule has 2 unspecified atom stereocenters. The van der Waals surface area contributed by atoms with Crippen LogP contribution in [0.1, 0.15) is 33.1 Å². The summed E-state index contributed by atoms with van der Waals surface area (Å²) in [6.45, 7) is 4.31. The van der Waals surface area contributed by atoms with Crippen molar-refractivity contribution >= 4 is 11.9 Å². The molecule has 18 heavy (non-hydrogen) atoms. The molecule has 0 radical (unpaired) electrons. The van der Waals surface area contributed by atoms with Crippen molar-refractivity contribution in [3.63, 3.8) is 0 Å². The van der Waals surface area contributed by atoms with Gasteiger partial charge in [-0.25, -0.2) is 9.59 Å². The lowest BCUT2D eigenvalue weighted by Gasteiger charge is -2.32. The number of hydrogen-bond donors (Lipinski definition) is 0. The highest BCUT2D eigenvalue weighted by atomic mass is 16.5. The zero-order chi connectivity index (χ0) is 13.7. The second kappa shape index (κ2) is 6.57. The van der Waals surface area contributed by atoms with Gasteiger partial charge in [-0.3, -0.25) is 0 Å². The average Bonchev–Trinajstić information content (AvgIpc) is 2.37. The standard InChI is InChI=1S/C14H22O4/c1-9-6-5-7-10(2)11(9)8-12(13(15)17-3)14(16)18-4/h8-11H,5-7H2,1-4H3. The molecule has 1 saturated carbocycles. The lowest BCUT2D eigenvalue weighted by molar-refractivity contribution is -0.144. The molecule has 0 amide bonds. The summed E-state index contributed by atoms with van der Waals surface area (Å²) in [5.74, 6) is -0.0679. The molecule has 0 aromatic rings. The summed E-state index contributed by atoms with van der Waals surface area (Å²) in [5, 5.41) is 0. The van der Waals surface area contributed by atoms with Gasteiger partial charge in [-0.05, 0) is 17.8 Å². The minimum Gasteiger partial charge on any atom is -0.465 e. The molecule has 4 nitrogen and oxygen atoms in total. The van der Waals surface area contributed by atoms with Crippen LogP contribution >= 0.6 is 0 Å². The molecule has 0 N–H and O–H groups in total. The quantitative estimate of drug-likeness (QED) is 0.336. The van der Waals surface area contributed by atoms with Gasteiger partial charge in [0.2, 0.25) is 0 Å². The molecule has 1 aliphatic carbocycles. The van der Waals surface area contributed by atoms with Gasteiger partial charge in [0.25, 0.3) is 0 Å². The Balaban J connectivity index is 2.98. The SMILES string of the molecule is COC(=O)C(=CC1C(C)CCCC1C)C(=O)OC. The number of ether oxygens (including phenoxy) is 2. The molecular weight excluding hydrogens is 232 g/mol. The van der Waals surface area contributed by atoms with E-state index >= 15 is 0 Å². The van der Waals surface area contributed by atoms with E-state index in [0.29, 0.717) is 11.8 Å². The Morgan fingerprint density at radius 2 is 1.44 bits per heavy atom. The van der Waals surface area contributed by atoms with Crippen LogP contribution < -0.4 is 0 Å². The van der Waals surface area contributed by atoms with Crippen LogP contribution in [0, 0.1) is 17.8 Å². The molecule has 1 fully saturated rings. The van der Waals surface area contributed by atoms with Gasteiger partial charge in [-0.15, -0.1) is 0 Å². The topological polar surface area (TPSA) is 52.6 Å². The first-order chi connectivity index (χ1) is 8.51. The lowest BCUT2D eigenvalue weighted by Crippen LogP contribution is -2.26. The van der Waals surface area contributed by atoms with Crippen LogP contribution in [0.2, 0.25) is 0 Å². The van der Waals surface area contributed by atoms with Crippen LogP contribution in [0.25, 0.3) is 0 Å². The van der Waals surface area contributed by atoms with Gasteiger partial charge in [-0.1, -0.05) is 39.2 Å². The Kier molecular flexibility index (Phi) is 5.38. The van der Waals surface area contributed by atoms with Gasteiger partial charge in [0.05, 0.1) is 14.2 Å². The molecule has 0 saturated heterocycles. The molecule has 1 aliphatic rings. The minimum atomic E-state index is -0.619. The van der Waals surface area contributed by atoms with Crippen molar-refractivity contribution in [1.29, 1.82) is 0 Å². The van der Waals surface area contributed by atoms with Crippen LogP contribution in [0.3, 0.4) is 0 Å². The largest absolute Gasteiger partial charge is 0.465 e. The predicted molar refractivity (Wildman–Crippen MR) is 67.8 cm³/mol. The Morgan fingerprint density at radius 1 is 1.00 bits per heavy atom. The van der Waals surface area contributed by atoms with Crippen LogP contribution in [0.4, 0.5) is 0 Å². The second-order valence-corrected chi connectivity index (χ2v) is 5.03. The van der Waals surface area contributed by atoms with Crippen LogP contribution in [-0.4, -0.2) is 26.2 Å². The molecule has 0 aliphatic heterocycles. The van der Waals surface area contributed by atoms with E-state index in [2.05, 4.69) is 23.3 Å². The smallest absolute Gasteiger partial charge is 0.344 e. The average molecular weight is 254 g/mol. The van der Waals surface area contributed by atoms with Crippen LogP contribution in [0.15, 0.2) is 11.6 Å². The zero-order valence-electron chi connectivity index (χ0n) is 11.6. The van der Waals surface area contributed by atoms with Crippen molar-refractivity contribution in [2.75, 3.05) is 14.2 Å². The van der Waals surface area contributed by atoms with Crippen molar-refractivity contribution in [1.82, 2.24) is 0 Å². The molecule has 102 valence electrons. The van der Waals surface area contributed by atoms with E-state index in [1.165, 1.54) is 20.6 Å². The van der Waals surface area contributed by atoms with Gasteiger partial charge in [-0.2, -0.15) is 0 Å². The number of rotatable bonds is 3. The van der Waals surface area contributed by atoms with Crippen molar-refractivity contribution in [3.8, 4) is 0 Å². The molecular formula is C14H22O4. The van der Waals surface area contributed by atoms with Gasteiger partial charge in [0, 0.05) is 0 Å². The van der Waals surface area contributed by atoms with E-state index < -0.39 is 11.9 Å². The normalized spacial score (nSPS) is 27.2. The summed E-state index contributed by atoms with van der Waals surface area (Å²) in [4.78, 5) is 23.2. The summed E-state index contributed by atoms with van der Waals surface area (Å²) in [5.41, 5.74) is 0.0191. The summed E-state index contributed by atoms with van der Waals surface area (Å²) in [6, 6.07) is 0. The highest BCUT2D eigenvalue weighted by Crippen LogP contribution is 2.36. The highest BCUT2D eigenvalue weighted by molar-refractivity contribution is 6.13. The fourth-order valence-corrected chi connectivity index (χ4v) is 2.67. The van der Waals surface area contributed by atoms with E-state index in [4.69, 9.17) is 0 Å². The van der Waals surface area contributed by atoms with Crippen LogP contribution in [0.5, 0.6) is 0 Å². The summed E-state index contributed by atoms with van der Waals surface area (Å²) in [7, 11) is 2.54. The number of esters is 2. The molecule has 0 aromatic carbocycles. The number of hydrogen-bond acceptors (Lipinski definition) is 4. The maximum Gasteiger partial charge on any atom is 0.344 e. The monoisotopic (exact) mass is 254 g/mol. The van der Waals surface area contributed by atoms with Gasteiger partial charge >= 0.3 is 11.9 Å². The Morgan fingerprint density at radius 3 is 1.83 bits per heavy atom. The molecule has 0 heterocycles. The maximum atomic E-state index is 11.6. The zero-order valence-corrected chi connectivity index (χ0v) is 11.6. The summed E-state index contributed by atoms with van der Waals surface area (Å²) >= 11 is 0. The van der Waals surface area contributed by atoms with E-state index in [0.717, 1.165) is 12.8 Å². The Bertz CT molecular complexity index is 318. The first kappa shape index (κ1) is 14.7. The van der Waals surface area contributed by atoms with E-state index in [1.807, 2.05) is 0 Å². The van der Waals surface area contributed by atoms with Crippen molar-refractivity contribution < 1.29 is 19.1 Å². The predicted octanol–water partition coefficient (Wildman–Crippen LogP) is 2.33. The Labute approximate surface area is 108 Å². The lowest BCUT2D eigenvalue weighted by atomic mass is 9.73. The van der Waals surface area contributed by atoms with E-state index in [1.54, 1.807) is 6.08 Å². The third kappa shape index (κ3) is 3.34. The van der Waals surface area contributed by atoms with Gasteiger partial charge in [0.1, 0.15) is 5.57 Å². The summed E-state index contributed by atoms with van der Waals surface area (Å²) < 4.78 is 9.28. The van der Waals surface area contributed by atoms with Crippen molar-refractivity contribution in [3.05, 3.63) is 11.6 Å². The second-order valence-electron chi connectivity index (χ2n) is 5.03. The van der Waals surface area contributed by atoms with Crippen molar-refractivity contribution in [2.24, 2.45) is 17.8 Å². The van der Waals surface area contributed by atoms with Gasteiger partial charge in [0.15, 0.2) is 0 Å². The summed E-state index contributed by atoms with van der Waals surface area (Å²) in [6.07, 6.45) is 5.20. The van der Waals surface area contributed by atoms with E-state index in [9.17, 15) is 9.59 Å². The minimum absolute atomic E-state index is 0.0191. The fourth-order valence-electron chi connectivity index (χ4n) is 2.67. The van der Waals surface area contributed by atoms with Crippen LogP contribution in [-0.2, 0) is 19.1 Å². The third-order valence-electron chi connectivity index (χ3n) is 3.80. The molecule has 4 heteroatoms. The first-order valence-corrected chi connectivity index (χ1v) is 6.39. The number of allylic oxidation sites excluding steroid dienone is 1. The molecule has 0 spiro atoms. The van der Waals surface area contributed by atoms with Gasteiger partial charge < -0.3 is 9.47 Å². The Hall–Kier alpha value is -1.32. The fraction of sp³-hybridized carbons (Fsp3) is 0.714. The van der Waals surface area contributed by atoms with Crippen molar-refractivity contribution in [2.45, 2.75) is 33.1 Å².